The van der Waals surface area contributed by atoms with Crippen LogP contribution >= 0.6 is 11.6 Å². The highest BCUT2D eigenvalue weighted by Crippen LogP contribution is 2.27. The summed E-state index contributed by atoms with van der Waals surface area (Å²) in [4.78, 5) is 18.3. The van der Waals surface area contributed by atoms with Crippen LogP contribution in [0.5, 0.6) is 0 Å². The van der Waals surface area contributed by atoms with Gasteiger partial charge in [0.25, 0.3) is 0 Å². The van der Waals surface area contributed by atoms with Crippen molar-refractivity contribution in [3.63, 3.8) is 0 Å². The molecule has 1 aromatic carbocycles. The first-order chi connectivity index (χ1) is 12.5. The van der Waals surface area contributed by atoms with E-state index in [4.69, 9.17) is 16.6 Å². The van der Waals surface area contributed by atoms with Crippen molar-refractivity contribution in [1.29, 1.82) is 0 Å². The minimum Gasteiger partial charge on any atom is -0.353 e. The van der Waals surface area contributed by atoms with Crippen LogP contribution in [0, 0.1) is 20.8 Å². The van der Waals surface area contributed by atoms with Crippen LogP contribution in [0.4, 0.5) is 11.6 Å². The molecule has 0 unspecified atom stereocenters. The van der Waals surface area contributed by atoms with Gasteiger partial charge in [-0.05, 0) is 50.6 Å². The largest absolute Gasteiger partial charge is 0.353 e. The summed E-state index contributed by atoms with van der Waals surface area (Å²) in [6, 6.07) is 8.05. The van der Waals surface area contributed by atoms with Gasteiger partial charge in [-0.2, -0.15) is 0 Å². The van der Waals surface area contributed by atoms with Gasteiger partial charge in [0, 0.05) is 47.8 Å². The number of aromatic nitrogens is 3. The Morgan fingerprint density at radius 1 is 0.923 bits per heavy atom. The molecule has 0 amide bonds. The van der Waals surface area contributed by atoms with Gasteiger partial charge in [-0.15, -0.1) is 0 Å². The van der Waals surface area contributed by atoms with Crippen molar-refractivity contribution in [3.8, 4) is 0 Å². The number of hydrogen-bond donors (Lipinski definition) is 0. The van der Waals surface area contributed by atoms with Gasteiger partial charge in [0.15, 0.2) is 0 Å². The minimum absolute atomic E-state index is 0.749. The van der Waals surface area contributed by atoms with Crippen molar-refractivity contribution in [2.24, 2.45) is 0 Å². The molecule has 0 saturated carbocycles. The number of benzene rings is 1. The second-order valence-electron chi connectivity index (χ2n) is 6.84. The number of pyridine rings is 1. The zero-order valence-electron chi connectivity index (χ0n) is 15.3. The molecule has 1 aliphatic rings. The predicted octanol–water partition coefficient (Wildman–Crippen LogP) is 3.93. The molecule has 3 aromatic rings. The number of halogens is 1. The molecular weight excluding hydrogens is 346 g/mol. The maximum absolute atomic E-state index is 6.12. The fourth-order valence-corrected chi connectivity index (χ4v) is 3.67. The number of hydrogen-bond acceptors (Lipinski definition) is 5. The van der Waals surface area contributed by atoms with Crippen molar-refractivity contribution in [2.75, 3.05) is 36.0 Å². The molecule has 6 heteroatoms. The topological polar surface area (TPSA) is 45.2 Å². The molecule has 5 nitrogen and oxygen atoms in total. The Morgan fingerprint density at radius 2 is 1.65 bits per heavy atom. The van der Waals surface area contributed by atoms with Crippen LogP contribution < -0.4 is 9.80 Å². The molecule has 1 fully saturated rings. The van der Waals surface area contributed by atoms with E-state index in [1.165, 1.54) is 5.56 Å². The van der Waals surface area contributed by atoms with E-state index in [9.17, 15) is 0 Å². The molecule has 0 bridgehead atoms. The lowest BCUT2D eigenvalue weighted by Gasteiger charge is -2.36. The molecule has 1 saturated heterocycles. The summed E-state index contributed by atoms with van der Waals surface area (Å²) in [5.74, 6) is 2.09. The molecule has 0 N–H and O–H groups in total. The zero-order chi connectivity index (χ0) is 18.3. The standard InChI is InChI=1S/C20H22ClN5/c1-13-10-19(24-18-5-4-16(21)11-17(13)18)25-6-8-26(9-7-25)20-14(2)15(3)22-12-23-20/h4-5,10-12H,6-9H2,1-3H3. The highest BCUT2D eigenvalue weighted by molar-refractivity contribution is 6.31. The Bertz CT molecular complexity index is 964. The maximum atomic E-state index is 6.12. The second kappa shape index (κ2) is 6.72. The molecule has 1 aliphatic heterocycles. The normalized spacial score (nSPS) is 14.9. The Morgan fingerprint density at radius 3 is 2.42 bits per heavy atom. The molecule has 0 aliphatic carbocycles. The number of anilines is 2. The van der Waals surface area contributed by atoms with Crippen molar-refractivity contribution in [2.45, 2.75) is 20.8 Å². The third-order valence-electron chi connectivity index (χ3n) is 5.18. The lowest BCUT2D eigenvalue weighted by molar-refractivity contribution is 0.639. The van der Waals surface area contributed by atoms with Crippen molar-refractivity contribution in [3.05, 3.63) is 52.4 Å². The van der Waals surface area contributed by atoms with Gasteiger partial charge < -0.3 is 9.80 Å². The van der Waals surface area contributed by atoms with Gasteiger partial charge in [0.2, 0.25) is 0 Å². The third kappa shape index (κ3) is 3.07. The van der Waals surface area contributed by atoms with Crippen molar-refractivity contribution < 1.29 is 0 Å². The Hall–Kier alpha value is -2.40. The van der Waals surface area contributed by atoms with E-state index in [0.29, 0.717) is 0 Å². The number of nitrogens with zero attached hydrogens (tertiary/aromatic N) is 5. The Labute approximate surface area is 158 Å². The minimum atomic E-state index is 0.749. The molecule has 3 heterocycles. The summed E-state index contributed by atoms with van der Waals surface area (Å²) in [7, 11) is 0. The van der Waals surface area contributed by atoms with Crippen molar-refractivity contribution in [1.82, 2.24) is 15.0 Å². The molecule has 4 rings (SSSR count). The average Bonchev–Trinajstić information content (AvgIpc) is 2.65. The van der Waals surface area contributed by atoms with Crippen LogP contribution in [0.15, 0.2) is 30.6 Å². The van der Waals surface area contributed by atoms with E-state index < -0.39 is 0 Å². The molecule has 26 heavy (non-hydrogen) atoms. The summed E-state index contributed by atoms with van der Waals surface area (Å²) in [6.45, 7) is 9.95. The molecule has 0 spiro atoms. The first kappa shape index (κ1) is 17.0. The van der Waals surface area contributed by atoms with Gasteiger partial charge in [-0.25, -0.2) is 15.0 Å². The van der Waals surface area contributed by atoms with Crippen molar-refractivity contribution >= 4 is 34.1 Å². The summed E-state index contributed by atoms with van der Waals surface area (Å²) in [5.41, 5.74) is 4.41. The Balaban J connectivity index is 1.56. The number of fused-ring (bicyclic) bond motifs is 1. The van der Waals surface area contributed by atoms with Crippen LogP contribution in [0.2, 0.25) is 5.02 Å². The van der Waals surface area contributed by atoms with Crippen LogP contribution in [-0.4, -0.2) is 41.1 Å². The van der Waals surface area contributed by atoms with E-state index in [0.717, 1.165) is 65.0 Å². The second-order valence-corrected chi connectivity index (χ2v) is 7.28. The average molecular weight is 368 g/mol. The first-order valence-corrected chi connectivity index (χ1v) is 9.26. The SMILES string of the molecule is Cc1ncnc(N2CCN(c3cc(C)c4cc(Cl)ccc4n3)CC2)c1C. The van der Waals surface area contributed by atoms with E-state index in [2.05, 4.69) is 39.7 Å². The highest BCUT2D eigenvalue weighted by atomic mass is 35.5. The van der Waals surface area contributed by atoms with Crippen LogP contribution in [-0.2, 0) is 0 Å². The summed E-state index contributed by atoms with van der Waals surface area (Å²) in [6.07, 6.45) is 1.66. The zero-order valence-corrected chi connectivity index (χ0v) is 16.1. The number of piperazine rings is 1. The van der Waals surface area contributed by atoms with E-state index in [1.54, 1.807) is 6.33 Å². The van der Waals surface area contributed by atoms with Gasteiger partial charge in [0.05, 0.1) is 5.52 Å². The van der Waals surface area contributed by atoms with E-state index in [1.807, 2.05) is 25.1 Å². The van der Waals surface area contributed by atoms with Gasteiger partial charge >= 0.3 is 0 Å². The quantitative estimate of drug-likeness (QED) is 0.686. The Kier molecular flexibility index (Phi) is 4.41. The maximum Gasteiger partial charge on any atom is 0.135 e. The fraction of sp³-hybridized carbons (Fsp3) is 0.350. The monoisotopic (exact) mass is 367 g/mol. The lowest BCUT2D eigenvalue weighted by Crippen LogP contribution is -2.47. The molecule has 0 atom stereocenters. The summed E-state index contributed by atoms with van der Waals surface area (Å²) in [5, 5.41) is 1.87. The van der Waals surface area contributed by atoms with Crippen LogP contribution in [0.25, 0.3) is 10.9 Å². The predicted molar refractivity (Wildman–Crippen MR) is 107 cm³/mol. The van der Waals surface area contributed by atoms with Crippen LogP contribution in [0.1, 0.15) is 16.8 Å². The fourth-order valence-electron chi connectivity index (χ4n) is 3.50. The van der Waals surface area contributed by atoms with Gasteiger partial charge in [-0.3, -0.25) is 0 Å². The van der Waals surface area contributed by atoms with E-state index >= 15 is 0 Å². The number of rotatable bonds is 2. The number of aryl methyl sites for hydroxylation is 2. The smallest absolute Gasteiger partial charge is 0.135 e. The third-order valence-corrected chi connectivity index (χ3v) is 5.41. The van der Waals surface area contributed by atoms with E-state index in [-0.39, 0.29) is 0 Å². The lowest BCUT2D eigenvalue weighted by atomic mass is 10.1. The van der Waals surface area contributed by atoms with Crippen LogP contribution in [0.3, 0.4) is 0 Å². The van der Waals surface area contributed by atoms with Gasteiger partial charge in [-0.1, -0.05) is 11.6 Å². The first-order valence-electron chi connectivity index (χ1n) is 8.88. The highest BCUT2D eigenvalue weighted by Gasteiger charge is 2.21. The summed E-state index contributed by atoms with van der Waals surface area (Å²) < 4.78 is 0. The summed E-state index contributed by atoms with van der Waals surface area (Å²) >= 11 is 6.12. The molecular formula is C20H22ClN5. The molecule has 0 radical (unpaired) electrons. The van der Waals surface area contributed by atoms with Gasteiger partial charge in [0.1, 0.15) is 18.0 Å². The molecule has 2 aromatic heterocycles. The molecule has 134 valence electrons.